The lowest BCUT2D eigenvalue weighted by atomic mass is 10.3. The van der Waals surface area contributed by atoms with Crippen LogP contribution >= 0.6 is 0 Å². The molecule has 0 fully saturated rings. The van der Waals surface area contributed by atoms with Crippen molar-refractivity contribution in [2.24, 2.45) is 5.73 Å². The molecule has 0 unspecified atom stereocenters. The Balaban J connectivity index is 2.67. The van der Waals surface area contributed by atoms with Crippen LogP contribution in [0.1, 0.15) is 19.5 Å². The quantitative estimate of drug-likeness (QED) is 0.761. The molecule has 13 heavy (non-hydrogen) atoms. The molecule has 0 aliphatic heterocycles. The summed E-state index contributed by atoms with van der Waals surface area (Å²) < 4.78 is 5.45. The molecule has 0 saturated heterocycles. The van der Waals surface area contributed by atoms with E-state index in [2.05, 4.69) is 4.98 Å². The molecule has 0 amide bonds. The summed E-state index contributed by atoms with van der Waals surface area (Å²) in [6.45, 7) is 4.59. The van der Waals surface area contributed by atoms with Gasteiger partial charge in [0.25, 0.3) is 0 Å². The SMILES string of the molecule is CC(C)Oc1cccc(CCN)n1. The number of pyridine rings is 1. The maximum absolute atomic E-state index is 5.45. The Morgan fingerprint density at radius 3 is 2.85 bits per heavy atom. The molecule has 1 rings (SSSR count). The van der Waals surface area contributed by atoms with Crippen molar-refractivity contribution in [3.05, 3.63) is 23.9 Å². The number of rotatable bonds is 4. The van der Waals surface area contributed by atoms with Crippen molar-refractivity contribution in [1.29, 1.82) is 0 Å². The molecule has 2 N–H and O–H groups in total. The molecule has 0 saturated carbocycles. The fourth-order valence-corrected chi connectivity index (χ4v) is 1.05. The van der Waals surface area contributed by atoms with Crippen LogP contribution in [-0.2, 0) is 6.42 Å². The first-order valence-corrected chi connectivity index (χ1v) is 4.55. The molecule has 1 aromatic heterocycles. The third kappa shape index (κ3) is 3.42. The zero-order chi connectivity index (χ0) is 9.68. The zero-order valence-electron chi connectivity index (χ0n) is 8.16. The van der Waals surface area contributed by atoms with Crippen LogP contribution in [0.4, 0.5) is 0 Å². The summed E-state index contributed by atoms with van der Waals surface area (Å²) in [6.07, 6.45) is 0.968. The smallest absolute Gasteiger partial charge is 0.213 e. The van der Waals surface area contributed by atoms with Crippen molar-refractivity contribution in [2.75, 3.05) is 6.54 Å². The fourth-order valence-electron chi connectivity index (χ4n) is 1.05. The van der Waals surface area contributed by atoms with E-state index in [1.807, 2.05) is 32.0 Å². The standard InChI is InChI=1S/C10H16N2O/c1-8(2)13-10-5-3-4-9(12-10)6-7-11/h3-5,8H,6-7,11H2,1-2H3. The predicted octanol–water partition coefficient (Wildman–Crippen LogP) is 1.37. The van der Waals surface area contributed by atoms with E-state index >= 15 is 0 Å². The van der Waals surface area contributed by atoms with Crippen LogP contribution in [0.2, 0.25) is 0 Å². The second kappa shape index (κ2) is 4.82. The number of nitrogens with two attached hydrogens (primary N) is 1. The Hall–Kier alpha value is -1.09. The molecule has 0 aliphatic rings. The minimum atomic E-state index is 0.167. The summed E-state index contributed by atoms with van der Waals surface area (Å²) in [5, 5.41) is 0. The van der Waals surface area contributed by atoms with E-state index in [9.17, 15) is 0 Å². The second-order valence-corrected chi connectivity index (χ2v) is 3.17. The van der Waals surface area contributed by atoms with Gasteiger partial charge < -0.3 is 10.5 Å². The van der Waals surface area contributed by atoms with Crippen molar-refractivity contribution in [3.63, 3.8) is 0 Å². The first kappa shape index (κ1) is 9.99. The summed E-state index contributed by atoms with van der Waals surface area (Å²) in [4.78, 5) is 4.30. The van der Waals surface area contributed by atoms with Crippen molar-refractivity contribution in [2.45, 2.75) is 26.4 Å². The van der Waals surface area contributed by atoms with E-state index in [0.29, 0.717) is 12.4 Å². The highest BCUT2D eigenvalue weighted by atomic mass is 16.5. The Kier molecular flexibility index (Phi) is 3.71. The molecule has 1 aromatic rings. The first-order valence-electron chi connectivity index (χ1n) is 4.55. The third-order valence-corrected chi connectivity index (χ3v) is 1.54. The van der Waals surface area contributed by atoms with Crippen molar-refractivity contribution < 1.29 is 4.74 Å². The van der Waals surface area contributed by atoms with Gasteiger partial charge in [-0.2, -0.15) is 0 Å². The average molecular weight is 180 g/mol. The highest BCUT2D eigenvalue weighted by Crippen LogP contribution is 2.09. The summed E-state index contributed by atoms with van der Waals surface area (Å²) in [6, 6.07) is 5.76. The van der Waals surface area contributed by atoms with Crippen molar-refractivity contribution in [1.82, 2.24) is 4.98 Å². The molecule has 0 radical (unpaired) electrons. The van der Waals surface area contributed by atoms with Gasteiger partial charge in [0.1, 0.15) is 0 Å². The highest BCUT2D eigenvalue weighted by Gasteiger charge is 1.99. The maximum Gasteiger partial charge on any atom is 0.213 e. The largest absolute Gasteiger partial charge is 0.475 e. The molecule has 0 atom stereocenters. The van der Waals surface area contributed by atoms with Crippen molar-refractivity contribution in [3.8, 4) is 5.88 Å². The molecule has 3 nitrogen and oxygen atoms in total. The third-order valence-electron chi connectivity index (χ3n) is 1.54. The van der Waals surface area contributed by atoms with Crippen LogP contribution in [0, 0.1) is 0 Å². The Labute approximate surface area is 78.9 Å². The minimum Gasteiger partial charge on any atom is -0.475 e. The lowest BCUT2D eigenvalue weighted by Crippen LogP contribution is -2.09. The Morgan fingerprint density at radius 1 is 1.46 bits per heavy atom. The Morgan fingerprint density at radius 2 is 2.23 bits per heavy atom. The molecule has 3 heteroatoms. The summed E-state index contributed by atoms with van der Waals surface area (Å²) in [5.41, 5.74) is 6.42. The van der Waals surface area contributed by atoms with Gasteiger partial charge in [-0.1, -0.05) is 6.07 Å². The van der Waals surface area contributed by atoms with Crippen LogP contribution in [0.3, 0.4) is 0 Å². The summed E-state index contributed by atoms with van der Waals surface area (Å²) >= 11 is 0. The van der Waals surface area contributed by atoms with Gasteiger partial charge in [0, 0.05) is 18.2 Å². The monoisotopic (exact) mass is 180 g/mol. The first-order chi connectivity index (χ1) is 6.22. The van der Waals surface area contributed by atoms with Crippen LogP contribution in [0.25, 0.3) is 0 Å². The topological polar surface area (TPSA) is 48.1 Å². The molecule has 0 aromatic carbocycles. The van der Waals surface area contributed by atoms with Gasteiger partial charge in [-0.05, 0) is 26.5 Å². The number of aromatic nitrogens is 1. The molecule has 0 aliphatic carbocycles. The number of hydrogen-bond donors (Lipinski definition) is 1. The van der Waals surface area contributed by atoms with Gasteiger partial charge in [-0.25, -0.2) is 4.98 Å². The molecule has 72 valence electrons. The normalized spacial score (nSPS) is 10.5. The molecular formula is C10H16N2O. The Bertz CT molecular complexity index is 261. The van der Waals surface area contributed by atoms with E-state index < -0.39 is 0 Å². The van der Waals surface area contributed by atoms with Gasteiger partial charge >= 0.3 is 0 Å². The zero-order valence-corrected chi connectivity index (χ0v) is 8.16. The lowest BCUT2D eigenvalue weighted by Gasteiger charge is -2.09. The minimum absolute atomic E-state index is 0.167. The second-order valence-electron chi connectivity index (χ2n) is 3.17. The van der Waals surface area contributed by atoms with E-state index in [-0.39, 0.29) is 6.10 Å². The molecule has 1 heterocycles. The van der Waals surface area contributed by atoms with Crippen LogP contribution in [-0.4, -0.2) is 17.6 Å². The molecule has 0 spiro atoms. The summed E-state index contributed by atoms with van der Waals surface area (Å²) in [7, 11) is 0. The van der Waals surface area contributed by atoms with E-state index in [4.69, 9.17) is 10.5 Å². The number of hydrogen-bond acceptors (Lipinski definition) is 3. The maximum atomic E-state index is 5.45. The van der Waals surface area contributed by atoms with Gasteiger partial charge in [0.2, 0.25) is 5.88 Å². The van der Waals surface area contributed by atoms with Crippen LogP contribution in [0.5, 0.6) is 5.88 Å². The van der Waals surface area contributed by atoms with Gasteiger partial charge in [-0.15, -0.1) is 0 Å². The van der Waals surface area contributed by atoms with Crippen LogP contribution in [0.15, 0.2) is 18.2 Å². The van der Waals surface area contributed by atoms with Crippen molar-refractivity contribution >= 4 is 0 Å². The van der Waals surface area contributed by atoms with Gasteiger partial charge in [0.15, 0.2) is 0 Å². The highest BCUT2D eigenvalue weighted by molar-refractivity contribution is 5.16. The molecular weight excluding hydrogens is 164 g/mol. The summed E-state index contributed by atoms with van der Waals surface area (Å²) in [5.74, 6) is 0.681. The average Bonchev–Trinajstić information content (AvgIpc) is 2.04. The van der Waals surface area contributed by atoms with E-state index in [1.165, 1.54) is 0 Å². The van der Waals surface area contributed by atoms with Gasteiger partial charge in [0.05, 0.1) is 6.10 Å². The van der Waals surface area contributed by atoms with E-state index in [0.717, 1.165) is 12.1 Å². The van der Waals surface area contributed by atoms with Crippen LogP contribution < -0.4 is 10.5 Å². The fraction of sp³-hybridized carbons (Fsp3) is 0.500. The lowest BCUT2D eigenvalue weighted by molar-refractivity contribution is 0.232. The molecule has 0 bridgehead atoms. The van der Waals surface area contributed by atoms with Gasteiger partial charge in [-0.3, -0.25) is 0 Å². The number of ether oxygens (including phenoxy) is 1. The number of nitrogens with zero attached hydrogens (tertiary/aromatic N) is 1. The predicted molar refractivity (Wildman–Crippen MR) is 52.8 cm³/mol. The van der Waals surface area contributed by atoms with E-state index in [1.54, 1.807) is 0 Å².